The quantitative estimate of drug-likeness (QED) is 0.773. The van der Waals surface area contributed by atoms with Crippen molar-refractivity contribution in [2.75, 3.05) is 11.4 Å². The van der Waals surface area contributed by atoms with Gasteiger partial charge in [-0.15, -0.1) is 0 Å². The molecule has 0 aromatic carbocycles. The first-order chi connectivity index (χ1) is 11.0. The van der Waals surface area contributed by atoms with Gasteiger partial charge in [-0.1, -0.05) is 19.4 Å². The lowest BCUT2D eigenvalue weighted by Gasteiger charge is -2.24. The summed E-state index contributed by atoms with van der Waals surface area (Å²) in [5, 5.41) is -0.868. The summed E-state index contributed by atoms with van der Waals surface area (Å²) in [6.45, 7) is 3.98. The van der Waals surface area contributed by atoms with Gasteiger partial charge < -0.3 is 4.74 Å². The molecule has 0 fully saturated rings. The van der Waals surface area contributed by atoms with E-state index in [4.69, 9.17) is 4.74 Å². The van der Waals surface area contributed by atoms with Gasteiger partial charge in [-0.05, 0) is 44.7 Å². The molecule has 1 heterocycles. The van der Waals surface area contributed by atoms with Crippen LogP contribution in [0.5, 0.6) is 0 Å². The summed E-state index contributed by atoms with van der Waals surface area (Å²) in [6.07, 6.45) is 6.92. The second-order valence-corrected chi connectivity index (χ2v) is 7.40. The maximum absolute atomic E-state index is 12.7. The summed E-state index contributed by atoms with van der Waals surface area (Å²) in [6, 6.07) is 3.69. The molecule has 0 saturated heterocycles. The van der Waals surface area contributed by atoms with E-state index in [0.717, 1.165) is 25.0 Å². The number of esters is 1. The average molecular weight is 340 g/mol. The van der Waals surface area contributed by atoms with Gasteiger partial charge in [0.05, 0.1) is 12.2 Å². The fourth-order valence-corrected chi connectivity index (χ4v) is 4.35. The first-order valence-electron chi connectivity index (χ1n) is 8.04. The van der Waals surface area contributed by atoms with Gasteiger partial charge in [-0.25, -0.2) is 18.0 Å². The highest BCUT2D eigenvalue weighted by Crippen LogP contribution is 2.26. The number of carbonyl (C=O) groups is 1. The van der Waals surface area contributed by atoms with Crippen LogP contribution in [-0.4, -0.2) is 30.9 Å². The van der Waals surface area contributed by atoms with Crippen molar-refractivity contribution in [2.45, 2.75) is 51.2 Å². The van der Waals surface area contributed by atoms with Crippen LogP contribution in [-0.2, 0) is 26.0 Å². The van der Waals surface area contributed by atoms with Crippen LogP contribution in [0.1, 0.15) is 45.2 Å². The predicted octanol–water partition coefficient (Wildman–Crippen LogP) is 2.36. The second-order valence-electron chi connectivity index (χ2n) is 5.56. The third-order valence-corrected chi connectivity index (χ3v) is 5.52. The molecule has 1 aromatic rings. The van der Waals surface area contributed by atoms with Crippen molar-refractivity contribution in [3.63, 3.8) is 0 Å². The summed E-state index contributed by atoms with van der Waals surface area (Å²) in [5.41, 5.74) is 1.14. The molecule has 0 aliphatic heterocycles. The molecular formula is C16H24N2O4S. The van der Waals surface area contributed by atoms with E-state index < -0.39 is 21.2 Å². The number of ether oxygens (including phenoxy) is 1. The van der Waals surface area contributed by atoms with Gasteiger partial charge in [0.2, 0.25) is 0 Å². The summed E-state index contributed by atoms with van der Waals surface area (Å²) < 4.78 is 32.0. The van der Waals surface area contributed by atoms with Crippen molar-refractivity contribution >= 4 is 16.0 Å². The molecule has 0 saturated carbocycles. The lowest BCUT2D eigenvalue weighted by atomic mass is 9.99. The maximum atomic E-state index is 12.7. The van der Waals surface area contributed by atoms with Gasteiger partial charge in [0.25, 0.3) is 10.0 Å². The van der Waals surface area contributed by atoms with Crippen LogP contribution in [0.15, 0.2) is 30.0 Å². The van der Waals surface area contributed by atoms with Gasteiger partial charge in [-0.3, -0.25) is 4.68 Å². The van der Waals surface area contributed by atoms with Gasteiger partial charge in [0.15, 0.2) is 0 Å². The Morgan fingerprint density at radius 2 is 2.22 bits per heavy atom. The van der Waals surface area contributed by atoms with Gasteiger partial charge in [0, 0.05) is 11.9 Å². The minimum absolute atomic E-state index is 0.231. The smallest absolute Gasteiger partial charge is 0.335 e. The predicted molar refractivity (Wildman–Crippen MR) is 89.1 cm³/mol. The van der Waals surface area contributed by atoms with E-state index in [0.29, 0.717) is 12.8 Å². The van der Waals surface area contributed by atoms with E-state index in [1.54, 1.807) is 25.3 Å². The lowest BCUT2D eigenvalue weighted by molar-refractivity contribution is -0.138. The Kier molecular flexibility index (Phi) is 5.87. The number of aryl methyl sites for hydroxylation is 1. The average Bonchev–Trinajstić information content (AvgIpc) is 2.94. The molecule has 6 nitrogen and oxygen atoms in total. The van der Waals surface area contributed by atoms with Crippen LogP contribution >= 0.6 is 0 Å². The second kappa shape index (κ2) is 7.68. The van der Waals surface area contributed by atoms with E-state index in [1.807, 2.05) is 13.0 Å². The molecule has 1 aromatic heterocycles. The third kappa shape index (κ3) is 4.16. The van der Waals surface area contributed by atoms with Crippen LogP contribution in [0, 0.1) is 0 Å². The number of hydrogen-bond acceptors (Lipinski definition) is 4. The number of rotatable bonds is 7. The van der Waals surface area contributed by atoms with Crippen LogP contribution in [0.2, 0.25) is 0 Å². The van der Waals surface area contributed by atoms with Crippen LogP contribution in [0.25, 0.3) is 0 Å². The maximum Gasteiger partial charge on any atom is 0.335 e. The Labute approximate surface area is 137 Å². The van der Waals surface area contributed by atoms with Crippen LogP contribution in [0.3, 0.4) is 0 Å². The Balaban J connectivity index is 2.23. The number of carbonyl (C=O) groups excluding carboxylic acids is 1. The third-order valence-electron chi connectivity index (χ3n) is 3.83. The summed E-state index contributed by atoms with van der Waals surface area (Å²) in [5.74, 6) is -0.538. The van der Waals surface area contributed by atoms with Crippen molar-refractivity contribution in [3.8, 4) is 0 Å². The number of nitrogens with zero attached hydrogens (tertiary/aromatic N) is 1. The molecule has 0 amide bonds. The SMILES string of the molecule is CCCc1cccn1NS(=O)(=O)C1CCCC=C1C(=O)OCC. The van der Waals surface area contributed by atoms with E-state index >= 15 is 0 Å². The highest BCUT2D eigenvalue weighted by atomic mass is 32.2. The molecule has 1 unspecified atom stereocenters. The minimum Gasteiger partial charge on any atom is -0.463 e. The Morgan fingerprint density at radius 3 is 2.91 bits per heavy atom. The highest BCUT2D eigenvalue weighted by Gasteiger charge is 2.35. The normalized spacial score (nSPS) is 18.3. The van der Waals surface area contributed by atoms with E-state index in [1.165, 1.54) is 4.68 Å². The monoisotopic (exact) mass is 340 g/mol. The zero-order chi connectivity index (χ0) is 16.9. The fraction of sp³-hybridized carbons (Fsp3) is 0.562. The molecule has 7 heteroatoms. The number of hydrogen-bond donors (Lipinski definition) is 1. The first-order valence-corrected chi connectivity index (χ1v) is 9.59. The van der Waals surface area contributed by atoms with Crippen LogP contribution < -0.4 is 4.83 Å². The molecule has 1 aliphatic carbocycles. The zero-order valence-corrected chi connectivity index (χ0v) is 14.4. The van der Waals surface area contributed by atoms with Crippen LogP contribution in [0.4, 0.5) is 0 Å². The molecule has 128 valence electrons. The van der Waals surface area contributed by atoms with E-state index in [9.17, 15) is 13.2 Å². The van der Waals surface area contributed by atoms with Crippen molar-refractivity contribution in [1.82, 2.24) is 4.68 Å². The Morgan fingerprint density at radius 1 is 1.43 bits per heavy atom. The van der Waals surface area contributed by atoms with Gasteiger partial charge >= 0.3 is 5.97 Å². The number of allylic oxidation sites excluding steroid dienone is 1. The number of sulfonamides is 1. The van der Waals surface area contributed by atoms with Gasteiger partial charge in [-0.2, -0.15) is 0 Å². The zero-order valence-electron chi connectivity index (χ0n) is 13.6. The lowest BCUT2D eigenvalue weighted by Crippen LogP contribution is -2.38. The molecule has 1 atom stereocenters. The van der Waals surface area contributed by atoms with Crippen molar-refractivity contribution in [1.29, 1.82) is 0 Å². The van der Waals surface area contributed by atoms with Crippen molar-refractivity contribution in [3.05, 3.63) is 35.7 Å². The number of nitrogens with one attached hydrogen (secondary N) is 1. The molecular weight excluding hydrogens is 316 g/mol. The summed E-state index contributed by atoms with van der Waals surface area (Å²) >= 11 is 0. The first kappa shape index (κ1) is 17.6. The molecule has 23 heavy (non-hydrogen) atoms. The van der Waals surface area contributed by atoms with E-state index in [-0.39, 0.29) is 12.2 Å². The molecule has 1 N–H and O–H groups in total. The van der Waals surface area contributed by atoms with Crippen molar-refractivity contribution < 1.29 is 17.9 Å². The van der Waals surface area contributed by atoms with Crippen molar-refractivity contribution in [2.24, 2.45) is 0 Å². The summed E-state index contributed by atoms with van der Waals surface area (Å²) in [7, 11) is -3.72. The minimum atomic E-state index is -3.72. The molecule has 0 bridgehead atoms. The molecule has 2 rings (SSSR count). The number of aromatic nitrogens is 1. The Bertz CT molecular complexity index is 676. The van der Waals surface area contributed by atoms with Gasteiger partial charge in [0.1, 0.15) is 5.25 Å². The molecule has 0 spiro atoms. The largest absolute Gasteiger partial charge is 0.463 e. The van der Waals surface area contributed by atoms with E-state index in [2.05, 4.69) is 4.83 Å². The summed E-state index contributed by atoms with van der Waals surface area (Å²) in [4.78, 5) is 14.6. The fourth-order valence-electron chi connectivity index (χ4n) is 2.77. The highest BCUT2D eigenvalue weighted by molar-refractivity contribution is 7.93. The molecule has 0 radical (unpaired) electrons. The Hall–Kier alpha value is -1.76. The standard InChI is InChI=1S/C16H24N2O4S/c1-3-8-13-9-7-12-18(13)17-23(20,21)15-11-6-5-10-14(15)16(19)22-4-2/h7,9-10,12,15,17H,3-6,8,11H2,1-2H3. The topological polar surface area (TPSA) is 77.4 Å². The molecule has 1 aliphatic rings.